The van der Waals surface area contributed by atoms with Crippen LogP contribution in [0.3, 0.4) is 0 Å². The zero-order valence-electron chi connectivity index (χ0n) is 30.0. The summed E-state index contributed by atoms with van der Waals surface area (Å²) in [5.74, 6) is -7.28. The van der Waals surface area contributed by atoms with E-state index in [0.29, 0.717) is 36.3 Å². The quantitative estimate of drug-likeness (QED) is 0.0554. The smallest absolute Gasteiger partial charge is 0.309 e. The number of hydrogen-bond donors (Lipinski definition) is 6. The molecule has 1 aromatic heterocycles. The van der Waals surface area contributed by atoms with E-state index in [-0.39, 0.29) is 31.0 Å². The van der Waals surface area contributed by atoms with Crippen molar-refractivity contribution in [3.8, 4) is 16.9 Å². The maximum atomic E-state index is 13.1. The van der Waals surface area contributed by atoms with Crippen LogP contribution in [0.2, 0.25) is 0 Å². The molecule has 0 radical (unpaired) electrons. The number of aromatic nitrogens is 1. The fourth-order valence-corrected chi connectivity index (χ4v) is 7.87. The molecule has 2 aromatic carbocycles. The molecule has 2 aliphatic rings. The predicted octanol–water partition coefficient (Wildman–Crippen LogP) is 3.95. The van der Waals surface area contributed by atoms with Gasteiger partial charge in [0.15, 0.2) is 9.84 Å². The zero-order chi connectivity index (χ0) is 37.7. The number of pyridine rings is 1. The van der Waals surface area contributed by atoms with E-state index in [9.17, 15) is 38.7 Å². The second kappa shape index (κ2) is 16.5. The number of carbonyl (C=O) groups is 1. The van der Waals surface area contributed by atoms with E-state index in [0.717, 1.165) is 70.6 Å². The van der Waals surface area contributed by atoms with Crippen molar-refractivity contribution in [2.45, 2.75) is 112 Å². The molecule has 5 rings (SSSR count). The number of aryl methyl sites for hydroxylation is 1. The zero-order valence-corrected chi connectivity index (χ0v) is 31.6. The van der Waals surface area contributed by atoms with Gasteiger partial charge in [0, 0.05) is 54.2 Å². The molecule has 1 atom stereocenters. The molecule has 0 aliphatic heterocycles. The summed E-state index contributed by atoms with van der Waals surface area (Å²) in [4.78, 5) is 19.0. The number of sulfone groups is 1. The first-order valence-electron chi connectivity index (χ1n) is 17.9. The summed E-state index contributed by atoms with van der Waals surface area (Å²) in [7, 11) is -4.56. The Morgan fingerprint density at radius 3 is 2.48 bits per heavy atom. The lowest BCUT2D eigenvalue weighted by molar-refractivity contribution is -0.416. The number of carbonyl (C=O) groups excluding carboxylic acids is 1. The predicted molar refractivity (Wildman–Crippen MR) is 199 cm³/mol. The van der Waals surface area contributed by atoms with E-state index in [2.05, 4.69) is 35.4 Å². The van der Waals surface area contributed by atoms with E-state index in [1.54, 1.807) is 0 Å². The molecule has 52 heavy (non-hydrogen) atoms. The molecule has 3 aromatic rings. The Morgan fingerprint density at radius 1 is 1.08 bits per heavy atom. The third-order valence-corrected chi connectivity index (χ3v) is 11.9. The first-order chi connectivity index (χ1) is 24.6. The first kappa shape index (κ1) is 40.1. The average molecular weight is 758 g/mol. The summed E-state index contributed by atoms with van der Waals surface area (Å²) in [6.45, 7) is 4.26. The number of unbranched alkanes of at least 4 members (excludes halogenated alkanes) is 2. The molecule has 14 heteroatoms. The van der Waals surface area contributed by atoms with Crippen molar-refractivity contribution < 1.29 is 43.5 Å². The fourth-order valence-electron chi connectivity index (χ4n) is 6.22. The molecule has 0 spiro atoms. The summed E-state index contributed by atoms with van der Waals surface area (Å²) in [5.41, 5.74) is 2.33. The van der Waals surface area contributed by atoms with Gasteiger partial charge in [-0.05, 0) is 97.7 Å². The van der Waals surface area contributed by atoms with Crippen LogP contribution in [0.15, 0.2) is 65.8 Å². The second-order valence-corrected chi connectivity index (χ2v) is 17.3. The van der Waals surface area contributed by atoms with Crippen molar-refractivity contribution in [3.63, 3.8) is 0 Å². The number of amides is 1. The van der Waals surface area contributed by atoms with E-state index in [4.69, 9.17) is 4.74 Å². The van der Waals surface area contributed by atoms with Gasteiger partial charge < -0.3 is 35.6 Å². The summed E-state index contributed by atoms with van der Waals surface area (Å²) in [6, 6.07) is 16.3. The SMILES string of the molecule is CCCCCC(=O)N(CCCSc1ccc(C)c(CNC2(c3cnccc3-c3ccccc3OC3CC3)CC2)c1)C(O)(O)C(O)(O)C(O)S(C)(=O)=O. The maximum absolute atomic E-state index is 13.1. The molecule has 1 unspecified atom stereocenters. The number of hydrogen-bond acceptors (Lipinski definition) is 12. The van der Waals surface area contributed by atoms with Crippen LogP contribution < -0.4 is 10.1 Å². The average Bonchev–Trinajstić information content (AvgIpc) is 4.05. The Labute approximate surface area is 310 Å². The van der Waals surface area contributed by atoms with Crippen LogP contribution in [-0.4, -0.2) is 91.5 Å². The standard InChI is InChI=1S/C38H51N3O9S2/c1-4-5-6-12-34(42)41(38(46,47)37(44,45)35(43)52(3,48)49)21-9-22-51-29-16-13-26(2)27(23-29)24-40-36(18-19-36)32-25-39-20-17-30(32)31-10-7-8-11-33(31)50-28-14-15-28/h7-8,10-11,13,16-17,20,23,25,28,35,40,43-47H,4-6,9,12,14-15,18-19,21-22,24H2,1-3H3. The molecule has 284 valence electrons. The van der Waals surface area contributed by atoms with E-state index >= 15 is 0 Å². The second-order valence-electron chi connectivity index (χ2n) is 14.0. The summed E-state index contributed by atoms with van der Waals surface area (Å²) in [5, 5.41) is 56.4. The van der Waals surface area contributed by atoms with Gasteiger partial charge >= 0.3 is 5.91 Å². The minimum atomic E-state index is -4.56. The van der Waals surface area contributed by atoms with Crippen LogP contribution in [0, 0.1) is 6.92 Å². The molecule has 2 saturated carbocycles. The minimum Gasteiger partial charge on any atom is -0.490 e. The number of para-hydroxylation sites is 1. The van der Waals surface area contributed by atoms with Crippen molar-refractivity contribution in [2.75, 3.05) is 18.6 Å². The van der Waals surface area contributed by atoms with Crippen molar-refractivity contribution >= 4 is 27.5 Å². The van der Waals surface area contributed by atoms with Gasteiger partial charge in [-0.3, -0.25) is 14.7 Å². The molecule has 6 N–H and O–H groups in total. The molecule has 2 fully saturated rings. The van der Waals surface area contributed by atoms with Gasteiger partial charge in [0.05, 0.1) is 6.10 Å². The lowest BCUT2D eigenvalue weighted by Gasteiger charge is -2.43. The van der Waals surface area contributed by atoms with Gasteiger partial charge in [0.1, 0.15) is 5.75 Å². The molecular weight excluding hydrogens is 707 g/mol. The van der Waals surface area contributed by atoms with Crippen molar-refractivity contribution in [3.05, 3.63) is 77.6 Å². The van der Waals surface area contributed by atoms with Gasteiger partial charge in [-0.15, -0.1) is 11.8 Å². The lowest BCUT2D eigenvalue weighted by atomic mass is 9.94. The summed E-state index contributed by atoms with van der Waals surface area (Å²) < 4.78 is 30.0. The fraction of sp³-hybridized carbons (Fsp3) is 0.526. The number of thioether (sulfide) groups is 1. The minimum absolute atomic E-state index is 0.133. The molecular formula is C38H51N3O9S2. The Morgan fingerprint density at radius 2 is 1.81 bits per heavy atom. The third-order valence-electron chi connectivity index (χ3n) is 9.73. The number of ether oxygens (including phenoxy) is 1. The Bertz CT molecular complexity index is 1810. The van der Waals surface area contributed by atoms with Crippen LogP contribution in [0.25, 0.3) is 11.1 Å². The highest BCUT2D eigenvalue weighted by Crippen LogP contribution is 2.50. The molecule has 1 amide bonds. The number of nitrogens with zero attached hydrogens (tertiary/aromatic N) is 2. The van der Waals surface area contributed by atoms with E-state index in [1.807, 2.05) is 49.6 Å². The number of aliphatic hydroxyl groups excluding tert-OH is 1. The van der Waals surface area contributed by atoms with Crippen LogP contribution in [0.1, 0.15) is 81.4 Å². The Kier molecular flexibility index (Phi) is 12.7. The number of rotatable bonds is 20. The molecule has 0 bridgehead atoms. The van der Waals surface area contributed by atoms with Crippen molar-refractivity contribution in [1.82, 2.24) is 15.2 Å². The highest BCUT2D eigenvalue weighted by molar-refractivity contribution is 7.99. The van der Waals surface area contributed by atoms with Crippen LogP contribution in [0.4, 0.5) is 0 Å². The van der Waals surface area contributed by atoms with Gasteiger partial charge in [-0.1, -0.05) is 44.0 Å². The summed E-state index contributed by atoms with van der Waals surface area (Å²) >= 11 is 1.48. The largest absolute Gasteiger partial charge is 0.490 e. The van der Waals surface area contributed by atoms with Gasteiger partial charge in [-0.25, -0.2) is 8.42 Å². The number of nitrogens with one attached hydrogen (secondary N) is 1. The Balaban J connectivity index is 1.24. The molecule has 2 aliphatic carbocycles. The molecule has 1 heterocycles. The van der Waals surface area contributed by atoms with Crippen LogP contribution in [-0.2, 0) is 26.7 Å². The first-order valence-corrected chi connectivity index (χ1v) is 20.8. The van der Waals surface area contributed by atoms with Crippen molar-refractivity contribution in [2.24, 2.45) is 0 Å². The van der Waals surface area contributed by atoms with E-state index < -0.39 is 32.9 Å². The van der Waals surface area contributed by atoms with Crippen LogP contribution >= 0.6 is 11.8 Å². The monoisotopic (exact) mass is 757 g/mol. The normalized spacial score (nSPS) is 16.4. The molecule has 0 saturated heterocycles. The maximum Gasteiger partial charge on any atom is 0.309 e. The lowest BCUT2D eigenvalue weighted by Crippen LogP contribution is -2.71. The van der Waals surface area contributed by atoms with Gasteiger partial charge in [-0.2, -0.15) is 0 Å². The highest BCUT2D eigenvalue weighted by Gasteiger charge is 2.61. The topological polar surface area (TPSA) is 190 Å². The third kappa shape index (κ3) is 9.34. The van der Waals surface area contributed by atoms with Gasteiger partial charge in [0.2, 0.25) is 11.3 Å². The van der Waals surface area contributed by atoms with E-state index in [1.165, 1.54) is 11.8 Å². The number of benzene rings is 2. The Hall–Kier alpha value is -3.08. The highest BCUT2D eigenvalue weighted by atomic mass is 32.2. The van der Waals surface area contributed by atoms with Gasteiger partial charge in [0.25, 0.3) is 5.79 Å². The van der Waals surface area contributed by atoms with Crippen molar-refractivity contribution in [1.29, 1.82) is 0 Å². The van der Waals surface area contributed by atoms with Crippen LogP contribution in [0.5, 0.6) is 5.75 Å². The summed E-state index contributed by atoms with van der Waals surface area (Å²) in [6.07, 6.45) is 10.6. The number of aliphatic hydroxyl groups is 5. The molecule has 12 nitrogen and oxygen atoms in total.